The molecule has 1 atom stereocenters. The van der Waals surface area contributed by atoms with Gasteiger partial charge in [-0.2, -0.15) is 0 Å². The normalized spacial score (nSPS) is 12.7. The van der Waals surface area contributed by atoms with Crippen molar-refractivity contribution >= 4 is 54.8 Å². The lowest BCUT2D eigenvalue weighted by molar-refractivity contribution is 0.562. The average molecular weight is 428 g/mol. The van der Waals surface area contributed by atoms with Crippen molar-refractivity contribution in [3.8, 4) is 0 Å². The van der Waals surface area contributed by atoms with Gasteiger partial charge in [0.05, 0.1) is 14.9 Å². The van der Waals surface area contributed by atoms with Crippen LogP contribution in [0.25, 0.3) is 0 Å². The summed E-state index contributed by atoms with van der Waals surface area (Å²) in [7, 11) is 0. The number of rotatable bonds is 4. The molecule has 0 saturated heterocycles. The van der Waals surface area contributed by atoms with E-state index in [1.54, 1.807) is 12.1 Å². The van der Waals surface area contributed by atoms with Crippen LogP contribution in [-0.2, 0) is 0 Å². The predicted octanol–water partition coefficient (Wildman–Crippen LogP) is 5.76. The van der Waals surface area contributed by atoms with Crippen LogP contribution in [0.1, 0.15) is 23.4 Å². The summed E-state index contributed by atoms with van der Waals surface area (Å²) >= 11 is 14.4. The summed E-state index contributed by atoms with van der Waals surface area (Å²) in [4.78, 5) is 0.982. The Morgan fingerprint density at radius 3 is 2.68 bits per heavy atom. The van der Waals surface area contributed by atoms with Gasteiger partial charge in [0.1, 0.15) is 5.82 Å². The van der Waals surface area contributed by atoms with Crippen LogP contribution in [0.2, 0.25) is 5.02 Å². The third kappa shape index (κ3) is 3.58. The molecule has 0 aliphatic rings. The van der Waals surface area contributed by atoms with E-state index in [-0.39, 0.29) is 11.9 Å². The van der Waals surface area contributed by atoms with Gasteiger partial charge in [0.2, 0.25) is 0 Å². The first-order valence-corrected chi connectivity index (χ1v) is 8.44. The molecule has 1 heterocycles. The van der Waals surface area contributed by atoms with E-state index in [0.717, 1.165) is 19.7 Å². The number of halogens is 4. The van der Waals surface area contributed by atoms with E-state index >= 15 is 0 Å². The summed E-state index contributed by atoms with van der Waals surface area (Å²) in [6.07, 6.45) is 0. The maximum Gasteiger partial charge on any atom is 0.128 e. The quantitative estimate of drug-likeness (QED) is 0.654. The lowest BCUT2D eigenvalue weighted by atomic mass is 10.0. The second-order valence-electron chi connectivity index (χ2n) is 3.93. The molecular formula is C13H11Br2ClFNS. The van der Waals surface area contributed by atoms with Gasteiger partial charge < -0.3 is 5.32 Å². The number of hydrogen-bond donors (Lipinski definition) is 1. The first-order chi connectivity index (χ1) is 9.02. The molecule has 0 saturated carbocycles. The molecule has 1 aromatic heterocycles. The van der Waals surface area contributed by atoms with Crippen LogP contribution in [0.3, 0.4) is 0 Å². The highest BCUT2D eigenvalue weighted by molar-refractivity contribution is 9.11. The van der Waals surface area contributed by atoms with Gasteiger partial charge in [0.25, 0.3) is 0 Å². The molecule has 0 aliphatic carbocycles. The second kappa shape index (κ2) is 6.68. The van der Waals surface area contributed by atoms with Crippen molar-refractivity contribution in [1.82, 2.24) is 5.32 Å². The number of nitrogens with one attached hydrogen (secondary N) is 1. The second-order valence-corrected chi connectivity index (χ2v) is 7.65. The highest BCUT2D eigenvalue weighted by Crippen LogP contribution is 2.38. The highest BCUT2D eigenvalue weighted by atomic mass is 79.9. The molecule has 1 unspecified atom stereocenters. The lowest BCUT2D eigenvalue weighted by Gasteiger charge is -2.18. The van der Waals surface area contributed by atoms with Crippen LogP contribution in [0.4, 0.5) is 4.39 Å². The van der Waals surface area contributed by atoms with Gasteiger partial charge in [-0.1, -0.05) is 34.5 Å². The zero-order valence-electron chi connectivity index (χ0n) is 10.0. The van der Waals surface area contributed by atoms with Crippen molar-refractivity contribution in [2.75, 3.05) is 6.54 Å². The van der Waals surface area contributed by atoms with Crippen molar-refractivity contribution in [2.24, 2.45) is 0 Å². The van der Waals surface area contributed by atoms with Gasteiger partial charge in [-0.05, 0) is 46.7 Å². The summed E-state index contributed by atoms with van der Waals surface area (Å²) in [6, 6.07) is 6.62. The van der Waals surface area contributed by atoms with E-state index in [1.165, 1.54) is 17.4 Å². The fraction of sp³-hybridized carbons (Fsp3) is 0.231. The van der Waals surface area contributed by atoms with Gasteiger partial charge in [-0.25, -0.2) is 4.39 Å². The third-order valence-electron chi connectivity index (χ3n) is 2.63. The molecule has 0 fully saturated rings. The van der Waals surface area contributed by atoms with Crippen LogP contribution >= 0.6 is 54.8 Å². The summed E-state index contributed by atoms with van der Waals surface area (Å²) in [5.41, 5.74) is 0.613. The fourth-order valence-electron chi connectivity index (χ4n) is 1.81. The maximum atomic E-state index is 14.0. The molecule has 2 rings (SSSR count). The average Bonchev–Trinajstić information content (AvgIpc) is 2.70. The molecule has 0 bridgehead atoms. The van der Waals surface area contributed by atoms with E-state index in [9.17, 15) is 4.39 Å². The van der Waals surface area contributed by atoms with Crippen molar-refractivity contribution < 1.29 is 4.39 Å². The Morgan fingerprint density at radius 1 is 1.37 bits per heavy atom. The van der Waals surface area contributed by atoms with E-state index < -0.39 is 0 Å². The molecule has 19 heavy (non-hydrogen) atoms. The summed E-state index contributed by atoms with van der Waals surface area (Å²) in [5, 5.41) is 3.95. The highest BCUT2D eigenvalue weighted by Gasteiger charge is 2.20. The minimum atomic E-state index is -0.227. The largest absolute Gasteiger partial charge is 0.306 e. The van der Waals surface area contributed by atoms with Crippen molar-refractivity contribution in [2.45, 2.75) is 13.0 Å². The first-order valence-electron chi connectivity index (χ1n) is 5.66. The van der Waals surface area contributed by atoms with Crippen LogP contribution in [0.5, 0.6) is 0 Å². The molecule has 102 valence electrons. The Labute approximate surface area is 137 Å². The third-order valence-corrected chi connectivity index (χ3v) is 5.66. The van der Waals surface area contributed by atoms with Crippen LogP contribution in [0, 0.1) is 5.82 Å². The van der Waals surface area contributed by atoms with E-state index in [2.05, 4.69) is 37.2 Å². The van der Waals surface area contributed by atoms with Gasteiger partial charge in [-0.15, -0.1) is 11.3 Å². The molecular weight excluding hydrogens is 416 g/mol. The monoisotopic (exact) mass is 425 g/mol. The van der Waals surface area contributed by atoms with Gasteiger partial charge in [-0.3, -0.25) is 0 Å². The summed E-state index contributed by atoms with van der Waals surface area (Å²) in [6.45, 7) is 2.73. The lowest BCUT2D eigenvalue weighted by Crippen LogP contribution is -2.22. The zero-order valence-corrected chi connectivity index (χ0v) is 14.8. The van der Waals surface area contributed by atoms with Crippen LogP contribution in [0.15, 0.2) is 32.5 Å². The van der Waals surface area contributed by atoms with Crippen LogP contribution in [-0.4, -0.2) is 6.54 Å². The minimum absolute atomic E-state index is 0.198. The van der Waals surface area contributed by atoms with E-state index in [4.69, 9.17) is 11.6 Å². The Bertz CT molecular complexity index is 569. The number of benzene rings is 1. The predicted molar refractivity (Wildman–Crippen MR) is 86.6 cm³/mol. The molecule has 1 N–H and O–H groups in total. The molecule has 2 aromatic rings. The smallest absolute Gasteiger partial charge is 0.128 e. The number of thiophene rings is 1. The number of hydrogen-bond acceptors (Lipinski definition) is 2. The molecule has 0 radical (unpaired) electrons. The molecule has 1 nitrogen and oxygen atoms in total. The Morgan fingerprint density at radius 2 is 2.11 bits per heavy atom. The van der Waals surface area contributed by atoms with Crippen molar-refractivity contribution in [1.29, 1.82) is 0 Å². The fourth-order valence-corrected chi connectivity index (χ4v) is 4.03. The van der Waals surface area contributed by atoms with E-state index in [1.807, 2.05) is 13.0 Å². The van der Waals surface area contributed by atoms with Crippen molar-refractivity contribution in [3.05, 3.63) is 53.8 Å². The zero-order chi connectivity index (χ0) is 14.0. The Balaban J connectivity index is 2.47. The molecule has 0 spiro atoms. The minimum Gasteiger partial charge on any atom is -0.306 e. The molecule has 0 amide bonds. The van der Waals surface area contributed by atoms with Gasteiger partial charge >= 0.3 is 0 Å². The molecule has 1 aromatic carbocycles. The maximum absolute atomic E-state index is 14.0. The Hall–Kier alpha value is 0.0600. The van der Waals surface area contributed by atoms with Gasteiger partial charge in [0.15, 0.2) is 0 Å². The summed E-state index contributed by atoms with van der Waals surface area (Å²) < 4.78 is 15.8. The summed E-state index contributed by atoms with van der Waals surface area (Å²) in [5.74, 6) is -0.227. The topological polar surface area (TPSA) is 12.0 Å². The molecule has 6 heteroatoms. The first kappa shape index (κ1) is 15.4. The van der Waals surface area contributed by atoms with Crippen LogP contribution < -0.4 is 5.32 Å². The SMILES string of the molecule is CCNC(c1cc(Cl)c(Br)s1)c1cc(Br)ccc1F. The standard InChI is InChI=1S/C13H11Br2ClFNS/c1-2-18-12(11-6-9(16)13(15)19-11)8-5-7(14)3-4-10(8)17/h3-6,12,18H,2H2,1H3. The van der Waals surface area contributed by atoms with Crippen molar-refractivity contribution in [3.63, 3.8) is 0 Å². The van der Waals surface area contributed by atoms with Gasteiger partial charge in [0, 0.05) is 14.9 Å². The molecule has 0 aliphatic heterocycles. The van der Waals surface area contributed by atoms with E-state index in [0.29, 0.717) is 10.6 Å². The Kier molecular flexibility index (Phi) is 5.43.